The lowest BCUT2D eigenvalue weighted by Gasteiger charge is -2.31. The molecule has 0 spiro atoms. The molecule has 1 fully saturated rings. The van der Waals surface area contributed by atoms with Crippen molar-refractivity contribution in [3.05, 3.63) is 0 Å². The van der Waals surface area contributed by atoms with Crippen molar-refractivity contribution in [2.24, 2.45) is 17.6 Å². The molecule has 3 N–H and O–H groups in total. The first kappa shape index (κ1) is 11.0. The highest BCUT2D eigenvalue weighted by molar-refractivity contribution is 4.80. The molecule has 0 aromatic carbocycles. The highest BCUT2D eigenvalue weighted by Gasteiger charge is 2.22. The van der Waals surface area contributed by atoms with Gasteiger partial charge in [-0.05, 0) is 44.2 Å². The first-order chi connectivity index (χ1) is 6.24. The summed E-state index contributed by atoms with van der Waals surface area (Å²) in [5.41, 5.74) is 5.81. The molecule has 0 aliphatic carbocycles. The average molecular weight is 184 g/mol. The zero-order chi connectivity index (χ0) is 9.68. The number of rotatable bonds is 4. The number of hydrogen-bond acceptors (Lipinski definition) is 2. The van der Waals surface area contributed by atoms with Gasteiger partial charge in [0.2, 0.25) is 0 Å². The van der Waals surface area contributed by atoms with E-state index in [4.69, 9.17) is 5.73 Å². The molecule has 0 aromatic rings. The second kappa shape index (κ2) is 5.61. The summed E-state index contributed by atoms with van der Waals surface area (Å²) < 4.78 is 0. The predicted octanol–water partition coefficient (Wildman–Crippen LogP) is 1.75. The first-order valence-electron chi connectivity index (χ1n) is 5.67. The molecule has 1 aliphatic rings. The molecule has 0 radical (unpaired) electrons. The van der Waals surface area contributed by atoms with E-state index < -0.39 is 0 Å². The van der Waals surface area contributed by atoms with Gasteiger partial charge in [0.05, 0.1) is 0 Å². The van der Waals surface area contributed by atoms with Crippen LogP contribution in [0.3, 0.4) is 0 Å². The Morgan fingerprint density at radius 1 is 1.38 bits per heavy atom. The minimum Gasteiger partial charge on any atom is -0.330 e. The van der Waals surface area contributed by atoms with E-state index in [1.807, 2.05) is 0 Å². The maximum absolute atomic E-state index is 5.81. The Hall–Kier alpha value is -0.0800. The van der Waals surface area contributed by atoms with Gasteiger partial charge in [0.25, 0.3) is 0 Å². The molecule has 1 heterocycles. The van der Waals surface area contributed by atoms with Crippen LogP contribution in [0.2, 0.25) is 0 Å². The molecule has 0 unspecified atom stereocenters. The van der Waals surface area contributed by atoms with Crippen molar-refractivity contribution in [2.45, 2.75) is 45.6 Å². The van der Waals surface area contributed by atoms with E-state index in [-0.39, 0.29) is 0 Å². The van der Waals surface area contributed by atoms with Crippen LogP contribution in [0, 0.1) is 11.8 Å². The molecule has 78 valence electrons. The normalized spacial score (nSPS) is 26.3. The zero-order valence-electron chi connectivity index (χ0n) is 9.05. The van der Waals surface area contributed by atoms with Gasteiger partial charge in [0, 0.05) is 6.04 Å². The molecule has 0 aromatic heterocycles. The quantitative estimate of drug-likeness (QED) is 0.698. The number of hydrogen-bond donors (Lipinski definition) is 2. The van der Waals surface area contributed by atoms with E-state index in [1.165, 1.54) is 32.2 Å². The molecular weight excluding hydrogens is 160 g/mol. The van der Waals surface area contributed by atoms with E-state index in [1.54, 1.807) is 0 Å². The Balaban J connectivity index is 2.34. The third kappa shape index (κ3) is 3.65. The Bertz CT molecular complexity index is 128. The van der Waals surface area contributed by atoms with Crippen LogP contribution >= 0.6 is 0 Å². The standard InChI is InChI=1S/C11H24N2/c1-9(2)7-10(8-12)11-5-3-4-6-13-11/h9-11,13H,3-8,12H2,1-2H3/t10-,11-/m0/s1. The third-order valence-electron chi connectivity index (χ3n) is 2.99. The second-order valence-electron chi connectivity index (χ2n) is 4.68. The van der Waals surface area contributed by atoms with Crippen LogP contribution in [-0.2, 0) is 0 Å². The molecular formula is C11H24N2. The molecule has 0 amide bonds. The molecule has 2 heteroatoms. The minimum absolute atomic E-state index is 0.695. The van der Waals surface area contributed by atoms with Crippen molar-refractivity contribution >= 4 is 0 Å². The fourth-order valence-corrected chi connectivity index (χ4v) is 2.31. The van der Waals surface area contributed by atoms with Crippen LogP contribution in [-0.4, -0.2) is 19.1 Å². The summed E-state index contributed by atoms with van der Waals surface area (Å²) >= 11 is 0. The second-order valence-corrected chi connectivity index (χ2v) is 4.68. The van der Waals surface area contributed by atoms with Crippen molar-refractivity contribution in [2.75, 3.05) is 13.1 Å². The summed E-state index contributed by atoms with van der Waals surface area (Å²) in [7, 11) is 0. The molecule has 1 rings (SSSR count). The van der Waals surface area contributed by atoms with Crippen molar-refractivity contribution in [3.8, 4) is 0 Å². The summed E-state index contributed by atoms with van der Waals surface area (Å²) in [6, 6.07) is 0.696. The minimum atomic E-state index is 0.695. The SMILES string of the molecule is CC(C)C[C@@H](CN)[C@@H]1CCCCN1. The van der Waals surface area contributed by atoms with Gasteiger partial charge in [-0.2, -0.15) is 0 Å². The van der Waals surface area contributed by atoms with Gasteiger partial charge >= 0.3 is 0 Å². The van der Waals surface area contributed by atoms with Gasteiger partial charge in [-0.1, -0.05) is 20.3 Å². The van der Waals surface area contributed by atoms with Crippen molar-refractivity contribution in [3.63, 3.8) is 0 Å². The van der Waals surface area contributed by atoms with Gasteiger partial charge in [-0.3, -0.25) is 0 Å². The maximum Gasteiger partial charge on any atom is 0.0107 e. The van der Waals surface area contributed by atoms with Crippen LogP contribution in [0.15, 0.2) is 0 Å². The van der Waals surface area contributed by atoms with Crippen LogP contribution in [0.5, 0.6) is 0 Å². The molecule has 1 aliphatic heterocycles. The van der Waals surface area contributed by atoms with E-state index >= 15 is 0 Å². The smallest absolute Gasteiger partial charge is 0.0107 e. The van der Waals surface area contributed by atoms with Crippen LogP contribution in [0.25, 0.3) is 0 Å². The highest BCUT2D eigenvalue weighted by Crippen LogP contribution is 2.20. The van der Waals surface area contributed by atoms with Crippen LogP contribution < -0.4 is 11.1 Å². The van der Waals surface area contributed by atoms with Gasteiger partial charge in [-0.25, -0.2) is 0 Å². The van der Waals surface area contributed by atoms with Crippen molar-refractivity contribution in [1.29, 1.82) is 0 Å². The first-order valence-corrected chi connectivity index (χ1v) is 5.67. The highest BCUT2D eigenvalue weighted by atomic mass is 14.9. The van der Waals surface area contributed by atoms with Crippen molar-refractivity contribution in [1.82, 2.24) is 5.32 Å². The Morgan fingerprint density at radius 3 is 2.62 bits per heavy atom. The van der Waals surface area contributed by atoms with Gasteiger partial charge < -0.3 is 11.1 Å². The lowest BCUT2D eigenvalue weighted by Crippen LogP contribution is -2.43. The Labute approximate surface area is 82.3 Å². The summed E-state index contributed by atoms with van der Waals surface area (Å²) in [5, 5.41) is 3.60. The fourth-order valence-electron chi connectivity index (χ4n) is 2.31. The fraction of sp³-hybridized carbons (Fsp3) is 1.00. The molecule has 0 saturated carbocycles. The Morgan fingerprint density at radius 2 is 2.15 bits per heavy atom. The lowest BCUT2D eigenvalue weighted by atomic mass is 9.86. The summed E-state index contributed by atoms with van der Waals surface area (Å²) in [4.78, 5) is 0. The van der Waals surface area contributed by atoms with Gasteiger partial charge in [-0.15, -0.1) is 0 Å². The largest absolute Gasteiger partial charge is 0.330 e. The van der Waals surface area contributed by atoms with Crippen LogP contribution in [0.4, 0.5) is 0 Å². The average Bonchev–Trinajstić information content (AvgIpc) is 2.15. The number of nitrogens with one attached hydrogen (secondary N) is 1. The van der Waals surface area contributed by atoms with Crippen molar-refractivity contribution < 1.29 is 0 Å². The summed E-state index contributed by atoms with van der Waals surface area (Å²) in [5.74, 6) is 1.47. The van der Waals surface area contributed by atoms with E-state index in [0.717, 1.165) is 12.5 Å². The summed E-state index contributed by atoms with van der Waals surface area (Å²) in [6.07, 6.45) is 5.32. The lowest BCUT2D eigenvalue weighted by molar-refractivity contribution is 0.265. The van der Waals surface area contributed by atoms with Gasteiger partial charge in [0.1, 0.15) is 0 Å². The third-order valence-corrected chi connectivity index (χ3v) is 2.99. The maximum atomic E-state index is 5.81. The zero-order valence-corrected chi connectivity index (χ0v) is 9.05. The number of nitrogens with two attached hydrogens (primary N) is 1. The van der Waals surface area contributed by atoms with Crippen LogP contribution in [0.1, 0.15) is 39.5 Å². The molecule has 13 heavy (non-hydrogen) atoms. The van der Waals surface area contributed by atoms with E-state index in [2.05, 4.69) is 19.2 Å². The van der Waals surface area contributed by atoms with E-state index in [0.29, 0.717) is 12.0 Å². The molecule has 1 saturated heterocycles. The number of piperidine rings is 1. The topological polar surface area (TPSA) is 38.0 Å². The van der Waals surface area contributed by atoms with E-state index in [9.17, 15) is 0 Å². The molecule has 0 bridgehead atoms. The Kier molecular flexibility index (Phi) is 4.74. The predicted molar refractivity (Wildman–Crippen MR) is 57.6 cm³/mol. The molecule has 2 atom stereocenters. The monoisotopic (exact) mass is 184 g/mol. The summed E-state index contributed by atoms with van der Waals surface area (Å²) in [6.45, 7) is 6.60. The van der Waals surface area contributed by atoms with Gasteiger partial charge in [0.15, 0.2) is 0 Å². The molecule has 2 nitrogen and oxygen atoms in total.